The van der Waals surface area contributed by atoms with E-state index >= 15 is 0 Å². The number of hydrogen-bond acceptors (Lipinski definition) is 5. The average Bonchev–Trinajstić information content (AvgIpc) is 3.10. The van der Waals surface area contributed by atoms with E-state index in [2.05, 4.69) is 10.0 Å². The Hall–Kier alpha value is -2.13. The van der Waals surface area contributed by atoms with Crippen molar-refractivity contribution in [3.8, 4) is 5.75 Å². The highest BCUT2D eigenvalue weighted by molar-refractivity contribution is 7.89. The lowest BCUT2D eigenvalue weighted by Crippen LogP contribution is -2.33. The molecule has 1 aromatic rings. The Bertz CT molecular complexity index is 757. The normalized spacial score (nSPS) is 15.0. The lowest BCUT2D eigenvalue weighted by atomic mass is 10.2. The quantitative estimate of drug-likeness (QED) is 0.555. The van der Waals surface area contributed by atoms with Crippen LogP contribution in [0.5, 0.6) is 5.75 Å². The molecule has 0 aromatic heterocycles. The number of sulfonamides is 1. The number of carbonyl (C=O) groups excluding carboxylic acids is 1. The molecule has 0 aliphatic heterocycles. The minimum Gasteiger partial charge on any atom is -0.495 e. The van der Waals surface area contributed by atoms with Gasteiger partial charge in [-0.15, -0.1) is 0 Å². The van der Waals surface area contributed by atoms with Crippen LogP contribution in [0, 0.1) is 0 Å². The molecular formula is C17H24N2O6S. The number of hydrogen-bond donors (Lipinski definition) is 3. The largest absolute Gasteiger partial charge is 0.495 e. The van der Waals surface area contributed by atoms with Crippen molar-refractivity contribution >= 4 is 21.9 Å². The third kappa shape index (κ3) is 5.43. The predicted octanol–water partition coefficient (Wildman–Crippen LogP) is 1.51. The van der Waals surface area contributed by atoms with Crippen LogP contribution in [0.4, 0.5) is 0 Å². The fraction of sp³-hybridized carbons (Fsp3) is 0.529. The molecule has 1 amide bonds. The number of nitrogens with one attached hydrogen (secondary N) is 2. The van der Waals surface area contributed by atoms with Gasteiger partial charge in [-0.3, -0.25) is 9.59 Å². The molecule has 2 rings (SSSR count). The van der Waals surface area contributed by atoms with E-state index in [4.69, 9.17) is 9.84 Å². The zero-order valence-electron chi connectivity index (χ0n) is 14.7. The van der Waals surface area contributed by atoms with E-state index < -0.39 is 21.9 Å². The fourth-order valence-electron chi connectivity index (χ4n) is 2.90. The second-order valence-electron chi connectivity index (χ2n) is 6.22. The summed E-state index contributed by atoms with van der Waals surface area (Å²) in [5.41, 5.74) is 0.174. The van der Waals surface area contributed by atoms with E-state index in [-0.39, 0.29) is 35.2 Å². The highest BCUT2D eigenvalue weighted by Crippen LogP contribution is 2.27. The Labute approximate surface area is 153 Å². The molecule has 0 spiro atoms. The topological polar surface area (TPSA) is 122 Å². The van der Waals surface area contributed by atoms with E-state index in [0.29, 0.717) is 6.42 Å². The Morgan fingerprint density at radius 1 is 1.27 bits per heavy atom. The van der Waals surface area contributed by atoms with Gasteiger partial charge in [0.2, 0.25) is 10.0 Å². The van der Waals surface area contributed by atoms with Crippen molar-refractivity contribution in [2.24, 2.45) is 0 Å². The van der Waals surface area contributed by atoms with Gasteiger partial charge in [-0.25, -0.2) is 13.1 Å². The molecule has 0 bridgehead atoms. The second kappa shape index (κ2) is 9.00. The summed E-state index contributed by atoms with van der Waals surface area (Å²) in [4.78, 5) is 22.6. The van der Waals surface area contributed by atoms with E-state index in [9.17, 15) is 18.0 Å². The van der Waals surface area contributed by atoms with Gasteiger partial charge in [0.1, 0.15) is 10.6 Å². The number of methoxy groups -OCH3 is 1. The summed E-state index contributed by atoms with van der Waals surface area (Å²) in [6.45, 7) is 0.194. The monoisotopic (exact) mass is 384 g/mol. The van der Waals surface area contributed by atoms with Crippen LogP contribution in [-0.2, 0) is 14.8 Å². The van der Waals surface area contributed by atoms with Gasteiger partial charge in [-0.1, -0.05) is 12.8 Å². The number of ether oxygens (including phenoxy) is 1. The van der Waals surface area contributed by atoms with Gasteiger partial charge in [0.05, 0.1) is 7.11 Å². The molecule has 3 N–H and O–H groups in total. The van der Waals surface area contributed by atoms with Gasteiger partial charge in [0.15, 0.2) is 0 Å². The van der Waals surface area contributed by atoms with Gasteiger partial charge in [-0.2, -0.15) is 0 Å². The molecule has 0 atom stereocenters. The van der Waals surface area contributed by atoms with Crippen LogP contribution in [0.15, 0.2) is 23.1 Å². The minimum atomic E-state index is -3.81. The van der Waals surface area contributed by atoms with Crippen molar-refractivity contribution in [3.63, 3.8) is 0 Å². The summed E-state index contributed by atoms with van der Waals surface area (Å²) >= 11 is 0. The highest BCUT2D eigenvalue weighted by Gasteiger charge is 2.26. The molecule has 1 aromatic carbocycles. The Kier molecular flexibility index (Phi) is 6.98. The molecule has 26 heavy (non-hydrogen) atoms. The van der Waals surface area contributed by atoms with Crippen molar-refractivity contribution in [1.82, 2.24) is 10.0 Å². The summed E-state index contributed by atoms with van der Waals surface area (Å²) < 4.78 is 33.2. The number of carboxylic acids is 1. The predicted molar refractivity (Wildman–Crippen MR) is 94.8 cm³/mol. The van der Waals surface area contributed by atoms with Crippen molar-refractivity contribution in [1.29, 1.82) is 0 Å². The third-order valence-corrected chi connectivity index (χ3v) is 5.79. The first-order valence-corrected chi connectivity index (χ1v) is 10.0. The highest BCUT2D eigenvalue weighted by atomic mass is 32.2. The van der Waals surface area contributed by atoms with Gasteiger partial charge in [-0.05, 0) is 37.5 Å². The molecule has 144 valence electrons. The molecule has 0 heterocycles. The van der Waals surface area contributed by atoms with Crippen LogP contribution in [0.1, 0.15) is 48.9 Å². The first-order chi connectivity index (χ1) is 12.3. The molecule has 1 saturated carbocycles. The lowest BCUT2D eigenvalue weighted by molar-refractivity contribution is -0.137. The molecular weight excluding hydrogens is 360 g/mol. The van der Waals surface area contributed by atoms with Crippen molar-refractivity contribution < 1.29 is 27.9 Å². The number of carbonyl (C=O) groups is 2. The van der Waals surface area contributed by atoms with Gasteiger partial charge >= 0.3 is 5.97 Å². The maximum atomic E-state index is 12.7. The van der Waals surface area contributed by atoms with Crippen molar-refractivity contribution in [3.05, 3.63) is 23.8 Å². The molecule has 8 nitrogen and oxygen atoms in total. The van der Waals surface area contributed by atoms with Crippen LogP contribution in [0.2, 0.25) is 0 Å². The van der Waals surface area contributed by atoms with Crippen LogP contribution >= 0.6 is 0 Å². The van der Waals surface area contributed by atoms with Gasteiger partial charge < -0.3 is 15.2 Å². The number of aliphatic carboxylic acids is 1. The molecule has 0 radical (unpaired) electrons. The molecule has 1 aliphatic rings. The average molecular weight is 384 g/mol. The molecule has 9 heteroatoms. The molecule has 0 saturated heterocycles. The van der Waals surface area contributed by atoms with E-state index in [0.717, 1.165) is 25.7 Å². The fourth-order valence-corrected chi connectivity index (χ4v) is 4.40. The minimum absolute atomic E-state index is 0.0478. The number of rotatable bonds is 9. The zero-order valence-corrected chi connectivity index (χ0v) is 15.5. The second-order valence-corrected chi connectivity index (χ2v) is 7.90. The van der Waals surface area contributed by atoms with E-state index in [1.165, 1.54) is 25.3 Å². The van der Waals surface area contributed by atoms with Crippen molar-refractivity contribution in [2.75, 3.05) is 13.7 Å². The van der Waals surface area contributed by atoms with Crippen LogP contribution in [-0.4, -0.2) is 45.1 Å². The first-order valence-electron chi connectivity index (χ1n) is 8.54. The summed E-state index contributed by atoms with van der Waals surface area (Å²) in [7, 11) is -2.44. The van der Waals surface area contributed by atoms with Crippen molar-refractivity contribution in [2.45, 2.75) is 49.5 Å². The van der Waals surface area contributed by atoms with Gasteiger partial charge in [0.25, 0.3) is 5.91 Å². The standard InChI is InChI=1S/C17H24N2O6S/c1-25-14-9-8-12(17(22)18-10-4-7-16(20)21)11-15(14)26(23,24)19-13-5-2-3-6-13/h8-9,11,13,19H,2-7,10H2,1H3,(H,18,22)(H,20,21). The Morgan fingerprint density at radius 2 is 1.96 bits per heavy atom. The summed E-state index contributed by atoms with van der Waals surface area (Å²) in [5, 5.41) is 11.2. The molecule has 1 aliphatic carbocycles. The van der Waals surface area contributed by atoms with Crippen LogP contribution in [0.3, 0.4) is 0 Å². The van der Waals surface area contributed by atoms with E-state index in [1.807, 2.05) is 0 Å². The lowest BCUT2D eigenvalue weighted by Gasteiger charge is -2.15. The SMILES string of the molecule is COc1ccc(C(=O)NCCCC(=O)O)cc1S(=O)(=O)NC1CCCC1. The van der Waals surface area contributed by atoms with E-state index in [1.54, 1.807) is 0 Å². The first kappa shape index (κ1) is 20.2. The summed E-state index contributed by atoms with van der Waals surface area (Å²) in [6.07, 6.45) is 3.82. The maximum absolute atomic E-state index is 12.7. The number of carboxylic acid groups (broad SMARTS) is 1. The number of amides is 1. The third-order valence-electron chi connectivity index (χ3n) is 4.25. The zero-order chi connectivity index (χ0) is 19.2. The molecule has 0 unspecified atom stereocenters. The maximum Gasteiger partial charge on any atom is 0.303 e. The molecule has 1 fully saturated rings. The van der Waals surface area contributed by atoms with Crippen LogP contribution < -0.4 is 14.8 Å². The summed E-state index contributed by atoms with van der Waals surface area (Å²) in [5.74, 6) is -1.23. The van der Waals surface area contributed by atoms with Gasteiger partial charge in [0, 0.05) is 24.6 Å². The van der Waals surface area contributed by atoms with Crippen LogP contribution in [0.25, 0.3) is 0 Å². The Balaban J connectivity index is 2.13. The smallest absolute Gasteiger partial charge is 0.303 e. The summed E-state index contributed by atoms with van der Waals surface area (Å²) in [6, 6.07) is 4.09. The number of benzene rings is 1. The Morgan fingerprint density at radius 3 is 2.58 bits per heavy atom.